The number of rotatable bonds is 2. The molecule has 3 nitrogen and oxygen atoms in total. The van der Waals surface area contributed by atoms with Crippen molar-refractivity contribution in [2.24, 2.45) is 0 Å². The molecule has 3 heteroatoms. The Morgan fingerprint density at radius 3 is 2.54 bits per heavy atom. The van der Waals surface area contributed by atoms with Crippen molar-refractivity contribution in [2.75, 3.05) is 0 Å². The molecule has 0 aromatic carbocycles. The van der Waals surface area contributed by atoms with Crippen molar-refractivity contribution >= 4 is 0 Å². The summed E-state index contributed by atoms with van der Waals surface area (Å²) in [4.78, 5) is 7.09. The van der Waals surface area contributed by atoms with Gasteiger partial charge in [-0.15, -0.1) is 0 Å². The highest BCUT2D eigenvalue weighted by molar-refractivity contribution is 5.15. The number of H-pyrrole nitrogens is 1. The predicted molar refractivity (Wildman–Crippen MR) is 51.6 cm³/mol. The van der Waals surface area contributed by atoms with Gasteiger partial charge in [-0.2, -0.15) is 0 Å². The average molecular weight is 175 g/mol. The Balaban J connectivity index is 2.27. The highest BCUT2D eigenvalue weighted by atomic mass is 15.0. The van der Waals surface area contributed by atoms with Crippen molar-refractivity contribution < 1.29 is 0 Å². The predicted octanol–water partition coefficient (Wildman–Crippen LogP) is 1.88. The van der Waals surface area contributed by atoms with Crippen molar-refractivity contribution in [3.63, 3.8) is 0 Å². The van der Waals surface area contributed by atoms with Crippen LogP contribution in [0, 0.1) is 13.8 Å². The molecule has 0 spiro atoms. The van der Waals surface area contributed by atoms with E-state index in [1.807, 2.05) is 6.20 Å². The number of aromatic amines is 1. The van der Waals surface area contributed by atoms with Gasteiger partial charge < -0.3 is 9.55 Å². The van der Waals surface area contributed by atoms with Crippen LogP contribution in [0.5, 0.6) is 0 Å². The second-order valence-electron chi connectivity index (χ2n) is 3.28. The van der Waals surface area contributed by atoms with Gasteiger partial charge in [0.1, 0.15) is 0 Å². The lowest BCUT2D eigenvalue weighted by atomic mass is 10.4. The summed E-state index contributed by atoms with van der Waals surface area (Å²) in [6.07, 6.45) is 3.57. The molecule has 2 aromatic rings. The van der Waals surface area contributed by atoms with E-state index in [2.05, 4.69) is 40.5 Å². The molecule has 0 fully saturated rings. The standard InChI is InChI=1S/C10H13N3/c1-8-3-4-9(2)13(8)6-10-5-11-7-12-10/h3-5,7H,6H2,1-2H3,(H,11,12). The van der Waals surface area contributed by atoms with E-state index >= 15 is 0 Å². The Bertz CT molecular complexity index is 365. The minimum absolute atomic E-state index is 0.880. The molecule has 13 heavy (non-hydrogen) atoms. The van der Waals surface area contributed by atoms with Gasteiger partial charge >= 0.3 is 0 Å². The Kier molecular flexibility index (Phi) is 1.93. The van der Waals surface area contributed by atoms with Gasteiger partial charge in [-0.1, -0.05) is 0 Å². The van der Waals surface area contributed by atoms with Crippen LogP contribution in [0.4, 0.5) is 0 Å². The number of aromatic nitrogens is 3. The van der Waals surface area contributed by atoms with Crippen LogP contribution < -0.4 is 0 Å². The highest BCUT2D eigenvalue weighted by Crippen LogP contribution is 2.09. The fourth-order valence-electron chi connectivity index (χ4n) is 1.49. The summed E-state index contributed by atoms with van der Waals surface area (Å²) in [5.41, 5.74) is 3.71. The summed E-state index contributed by atoms with van der Waals surface area (Å²) in [6.45, 7) is 5.11. The number of aryl methyl sites for hydroxylation is 2. The lowest BCUT2D eigenvalue weighted by molar-refractivity contribution is 0.735. The number of imidazole rings is 1. The fourth-order valence-corrected chi connectivity index (χ4v) is 1.49. The third-order valence-corrected chi connectivity index (χ3v) is 2.30. The molecule has 2 aromatic heterocycles. The van der Waals surface area contributed by atoms with Crippen molar-refractivity contribution in [1.29, 1.82) is 0 Å². The Labute approximate surface area is 77.4 Å². The molecule has 0 saturated heterocycles. The summed E-state index contributed by atoms with van der Waals surface area (Å²) in [6, 6.07) is 4.26. The Morgan fingerprint density at radius 2 is 2.00 bits per heavy atom. The first-order chi connectivity index (χ1) is 6.27. The average Bonchev–Trinajstić information content (AvgIpc) is 2.70. The molecule has 1 N–H and O–H groups in total. The van der Waals surface area contributed by atoms with Crippen molar-refractivity contribution in [1.82, 2.24) is 14.5 Å². The van der Waals surface area contributed by atoms with Crippen molar-refractivity contribution in [2.45, 2.75) is 20.4 Å². The van der Waals surface area contributed by atoms with Crippen LogP contribution in [0.25, 0.3) is 0 Å². The maximum absolute atomic E-state index is 3.99. The van der Waals surface area contributed by atoms with Crippen LogP contribution in [0.15, 0.2) is 24.7 Å². The molecule has 68 valence electrons. The number of hydrogen-bond acceptors (Lipinski definition) is 1. The fraction of sp³-hybridized carbons (Fsp3) is 0.300. The van der Waals surface area contributed by atoms with Gasteiger partial charge in [0, 0.05) is 17.6 Å². The Morgan fingerprint density at radius 1 is 1.31 bits per heavy atom. The molecule has 0 saturated carbocycles. The molecular formula is C10H13N3. The molecule has 0 amide bonds. The van der Waals surface area contributed by atoms with Crippen LogP contribution in [-0.2, 0) is 6.54 Å². The van der Waals surface area contributed by atoms with Crippen molar-refractivity contribution in [3.8, 4) is 0 Å². The second kappa shape index (κ2) is 3.09. The Hall–Kier alpha value is -1.51. The summed E-state index contributed by atoms with van der Waals surface area (Å²) in [5.74, 6) is 0. The molecule has 0 radical (unpaired) electrons. The van der Waals surface area contributed by atoms with Crippen LogP contribution in [0.1, 0.15) is 17.1 Å². The van der Waals surface area contributed by atoms with Gasteiger partial charge in [-0.3, -0.25) is 0 Å². The SMILES string of the molecule is Cc1ccc(C)n1Cc1cnc[nH]1. The van der Waals surface area contributed by atoms with Gasteiger partial charge in [0.2, 0.25) is 0 Å². The normalized spacial score (nSPS) is 10.6. The summed E-state index contributed by atoms with van der Waals surface area (Å²) in [7, 11) is 0. The largest absolute Gasteiger partial charge is 0.347 e. The first-order valence-corrected chi connectivity index (χ1v) is 4.37. The zero-order valence-corrected chi connectivity index (χ0v) is 7.91. The lowest BCUT2D eigenvalue weighted by Crippen LogP contribution is -2.03. The smallest absolute Gasteiger partial charge is 0.0922 e. The van der Waals surface area contributed by atoms with Crippen LogP contribution in [0.3, 0.4) is 0 Å². The minimum Gasteiger partial charge on any atom is -0.347 e. The van der Waals surface area contributed by atoms with E-state index in [0.717, 1.165) is 12.2 Å². The minimum atomic E-state index is 0.880. The first-order valence-electron chi connectivity index (χ1n) is 4.37. The van der Waals surface area contributed by atoms with E-state index in [9.17, 15) is 0 Å². The molecule has 0 aliphatic heterocycles. The number of hydrogen-bond donors (Lipinski definition) is 1. The molecule has 2 heterocycles. The zero-order chi connectivity index (χ0) is 9.26. The first kappa shape index (κ1) is 8.10. The van der Waals surface area contributed by atoms with Gasteiger partial charge in [0.05, 0.1) is 18.6 Å². The second-order valence-corrected chi connectivity index (χ2v) is 3.28. The maximum Gasteiger partial charge on any atom is 0.0922 e. The lowest BCUT2D eigenvalue weighted by Gasteiger charge is -2.06. The van der Waals surface area contributed by atoms with Crippen LogP contribution in [0.2, 0.25) is 0 Å². The quantitative estimate of drug-likeness (QED) is 0.742. The van der Waals surface area contributed by atoms with Gasteiger partial charge in [0.25, 0.3) is 0 Å². The van der Waals surface area contributed by atoms with E-state index in [4.69, 9.17) is 0 Å². The molecule has 2 rings (SSSR count). The third kappa shape index (κ3) is 1.49. The van der Waals surface area contributed by atoms with Gasteiger partial charge in [-0.05, 0) is 26.0 Å². The molecule has 0 atom stereocenters. The maximum atomic E-state index is 3.99. The summed E-state index contributed by atoms with van der Waals surface area (Å²) >= 11 is 0. The van der Waals surface area contributed by atoms with E-state index in [1.165, 1.54) is 11.4 Å². The number of nitrogens with one attached hydrogen (secondary N) is 1. The zero-order valence-electron chi connectivity index (χ0n) is 7.91. The van der Waals surface area contributed by atoms with Gasteiger partial charge in [-0.25, -0.2) is 4.98 Å². The number of nitrogens with zero attached hydrogens (tertiary/aromatic N) is 2. The molecular weight excluding hydrogens is 162 g/mol. The van der Waals surface area contributed by atoms with E-state index in [1.54, 1.807) is 6.33 Å². The van der Waals surface area contributed by atoms with Crippen LogP contribution in [-0.4, -0.2) is 14.5 Å². The highest BCUT2D eigenvalue weighted by Gasteiger charge is 2.01. The molecule has 0 aliphatic carbocycles. The summed E-state index contributed by atoms with van der Waals surface area (Å²) in [5, 5.41) is 0. The van der Waals surface area contributed by atoms with E-state index in [-0.39, 0.29) is 0 Å². The molecule has 0 bridgehead atoms. The summed E-state index contributed by atoms with van der Waals surface area (Å²) < 4.78 is 2.26. The van der Waals surface area contributed by atoms with Gasteiger partial charge in [0.15, 0.2) is 0 Å². The molecule has 0 unspecified atom stereocenters. The van der Waals surface area contributed by atoms with E-state index in [0.29, 0.717) is 0 Å². The monoisotopic (exact) mass is 175 g/mol. The molecule has 0 aliphatic rings. The third-order valence-electron chi connectivity index (χ3n) is 2.30. The topological polar surface area (TPSA) is 33.6 Å². The van der Waals surface area contributed by atoms with Crippen molar-refractivity contribution in [3.05, 3.63) is 41.7 Å². The van der Waals surface area contributed by atoms with E-state index < -0.39 is 0 Å². The van der Waals surface area contributed by atoms with Crippen LogP contribution >= 0.6 is 0 Å².